The normalized spacial score (nSPS) is 21.2. The molecule has 0 amide bonds. The van der Waals surface area contributed by atoms with Crippen LogP contribution in [-0.2, 0) is 11.7 Å². The Morgan fingerprint density at radius 3 is 2.52 bits per heavy atom. The van der Waals surface area contributed by atoms with Crippen molar-refractivity contribution >= 4 is 16.9 Å². The molecule has 3 aromatic rings. The number of alkyl halides is 3. The smallest absolute Gasteiger partial charge is 0.378 e. The van der Waals surface area contributed by atoms with E-state index in [1.165, 1.54) is 11.8 Å². The molecule has 0 spiro atoms. The second-order valence-corrected chi connectivity index (χ2v) is 9.23. The van der Waals surface area contributed by atoms with Gasteiger partial charge in [0, 0.05) is 46.0 Å². The van der Waals surface area contributed by atoms with Gasteiger partial charge in [0.2, 0.25) is 0 Å². The molecule has 2 aromatic heterocycles. The van der Waals surface area contributed by atoms with E-state index in [4.69, 9.17) is 10.3 Å². The first kappa shape index (κ1) is 23.2. The molecular formula is C22H19F5N4OS. The largest absolute Gasteiger partial charge is 0.417 e. The second-order valence-electron chi connectivity index (χ2n) is 8.00. The van der Waals surface area contributed by atoms with E-state index in [0.717, 1.165) is 30.1 Å². The van der Waals surface area contributed by atoms with Crippen molar-refractivity contribution in [2.45, 2.75) is 44.2 Å². The number of hydrogen-bond donors (Lipinski definition) is 1. The maximum absolute atomic E-state index is 15.0. The predicted octanol–water partition coefficient (Wildman–Crippen LogP) is 6.06. The van der Waals surface area contributed by atoms with E-state index in [1.54, 1.807) is 20.8 Å². The first-order valence-corrected chi connectivity index (χ1v) is 10.7. The number of hydrogen-bond acceptors (Lipinski definition) is 6. The number of aromatic nitrogens is 2. The highest BCUT2D eigenvalue weighted by Gasteiger charge is 2.40. The van der Waals surface area contributed by atoms with Gasteiger partial charge < -0.3 is 10.3 Å². The van der Waals surface area contributed by atoms with Crippen molar-refractivity contribution < 1.29 is 26.5 Å². The van der Waals surface area contributed by atoms with Crippen LogP contribution in [0.2, 0.25) is 0 Å². The molecule has 0 saturated heterocycles. The van der Waals surface area contributed by atoms with Gasteiger partial charge in [0.1, 0.15) is 17.4 Å². The van der Waals surface area contributed by atoms with Crippen molar-refractivity contribution in [3.63, 3.8) is 0 Å². The summed E-state index contributed by atoms with van der Waals surface area (Å²) < 4.78 is 75.6. The van der Waals surface area contributed by atoms with Crippen molar-refractivity contribution in [2.75, 3.05) is 0 Å². The van der Waals surface area contributed by atoms with Crippen molar-refractivity contribution in [3.8, 4) is 11.1 Å². The molecule has 0 fully saturated rings. The highest BCUT2D eigenvalue weighted by molar-refractivity contribution is 8.14. The Bertz CT molecular complexity index is 1240. The molecule has 1 aliphatic heterocycles. The zero-order chi connectivity index (χ0) is 24.1. The van der Waals surface area contributed by atoms with Gasteiger partial charge in [-0.1, -0.05) is 16.9 Å². The summed E-state index contributed by atoms with van der Waals surface area (Å²) in [5.74, 6) is -1.49. The van der Waals surface area contributed by atoms with Crippen LogP contribution in [0.1, 0.15) is 46.7 Å². The lowest BCUT2D eigenvalue weighted by molar-refractivity contribution is -0.137. The fourth-order valence-corrected chi connectivity index (χ4v) is 5.58. The van der Waals surface area contributed by atoms with Gasteiger partial charge in [-0.3, -0.25) is 9.98 Å². The molecule has 33 heavy (non-hydrogen) atoms. The van der Waals surface area contributed by atoms with Gasteiger partial charge in [-0.2, -0.15) is 13.2 Å². The Labute approximate surface area is 190 Å². The van der Waals surface area contributed by atoms with Crippen LogP contribution in [0.25, 0.3) is 11.1 Å². The topological polar surface area (TPSA) is 77.3 Å². The van der Waals surface area contributed by atoms with E-state index in [-0.39, 0.29) is 22.4 Å². The first-order valence-electron chi connectivity index (χ1n) is 9.86. The molecule has 4 rings (SSSR count). The highest BCUT2D eigenvalue weighted by atomic mass is 32.2. The average Bonchev–Trinajstić information content (AvgIpc) is 3.04. The van der Waals surface area contributed by atoms with E-state index in [9.17, 15) is 17.6 Å². The number of thioether (sulfide) groups is 1. The van der Waals surface area contributed by atoms with Gasteiger partial charge in [-0.25, -0.2) is 8.78 Å². The lowest BCUT2D eigenvalue weighted by atomic mass is 9.83. The van der Waals surface area contributed by atoms with Crippen molar-refractivity contribution in [1.82, 2.24) is 10.1 Å². The second kappa shape index (κ2) is 8.12. The number of aryl methyl sites for hydroxylation is 2. The molecular weight excluding hydrogens is 463 g/mol. The SMILES string of the molecule is Cc1noc(C)c1C1CC(C)(c2cc(-c3cnccc3C(F)(F)F)c(F)cc2F)N=C(N)S1. The monoisotopic (exact) mass is 482 g/mol. The third kappa shape index (κ3) is 4.21. The van der Waals surface area contributed by atoms with Gasteiger partial charge in [-0.15, -0.1) is 0 Å². The molecule has 2 unspecified atom stereocenters. The first-order chi connectivity index (χ1) is 15.4. The van der Waals surface area contributed by atoms with E-state index in [1.807, 2.05) is 0 Å². The van der Waals surface area contributed by atoms with Gasteiger partial charge >= 0.3 is 6.18 Å². The number of nitrogens with zero attached hydrogens (tertiary/aromatic N) is 3. The number of halogens is 5. The lowest BCUT2D eigenvalue weighted by Crippen LogP contribution is -2.31. The zero-order valence-electron chi connectivity index (χ0n) is 17.8. The molecule has 2 atom stereocenters. The Hall–Kier alpha value is -2.95. The molecule has 5 nitrogen and oxygen atoms in total. The minimum absolute atomic E-state index is 0.0733. The number of nitrogens with two attached hydrogens (primary N) is 1. The maximum Gasteiger partial charge on any atom is 0.417 e. The van der Waals surface area contributed by atoms with Crippen LogP contribution in [0.15, 0.2) is 40.1 Å². The fourth-order valence-electron chi connectivity index (χ4n) is 4.17. The summed E-state index contributed by atoms with van der Waals surface area (Å²) in [4.78, 5) is 8.11. The van der Waals surface area contributed by atoms with Gasteiger partial charge in [0.15, 0.2) is 5.17 Å². The summed E-state index contributed by atoms with van der Waals surface area (Å²) in [6.45, 7) is 5.12. The fraction of sp³-hybridized carbons (Fsp3) is 0.318. The lowest BCUT2D eigenvalue weighted by Gasteiger charge is -2.35. The number of pyridine rings is 1. The number of rotatable bonds is 3. The molecule has 0 radical (unpaired) electrons. The Balaban J connectivity index is 1.86. The molecule has 0 saturated carbocycles. The van der Waals surface area contributed by atoms with Gasteiger partial charge in [0.05, 0.1) is 16.8 Å². The van der Waals surface area contributed by atoms with Crippen LogP contribution in [0.4, 0.5) is 22.0 Å². The van der Waals surface area contributed by atoms with Crippen LogP contribution >= 0.6 is 11.8 Å². The summed E-state index contributed by atoms with van der Waals surface area (Å²) in [5, 5.41) is 3.81. The molecule has 11 heteroatoms. The number of amidine groups is 1. The third-order valence-electron chi connectivity index (χ3n) is 5.67. The van der Waals surface area contributed by atoms with Crippen LogP contribution in [0.3, 0.4) is 0 Å². The van der Waals surface area contributed by atoms with E-state index < -0.39 is 40.0 Å². The molecule has 174 valence electrons. The summed E-state index contributed by atoms with van der Waals surface area (Å²) in [7, 11) is 0. The average molecular weight is 482 g/mol. The predicted molar refractivity (Wildman–Crippen MR) is 114 cm³/mol. The number of aliphatic imine (C=N–C) groups is 1. The summed E-state index contributed by atoms with van der Waals surface area (Å²) in [5.41, 5.74) is 4.16. The summed E-state index contributed by atoms with van der Waals surface area (Å²) >= 11 is 1.26. The van der Waals surface area contributed by atoms with Crippen LogP contribution in [0, 0.1) is 25.5 Å². The Morgan fingerprint density at radius 1 is 1.15 bits per heavy atom. The van der Waals surface area contributed by atoms with Crippen LogP contribution < -0.4 is 5.73 Å². The molecule has 0 bridgehead atoms. The number of benzene rings is 1. The zero-order valence-corrected chi connectivity index (χ0v) is 18.6. The van der Waals surface area contributed by atoms with E-state index in [0.29, 0.717) is 17.5 Å². The third-order valence-corrected chi connectivity index (χ3v) is 6.69. The van der Waals surface area contributed by atoms with Crippen LogP contribution in [-0.4, -0.2) is 15.3 Å². The maximum atomic E-state index is 15.0. The molecule has 0 aliphatic carbocycles. The minimum atomic E-state index is -4.75. The van der Waals surface area contributed by atoms with E-state index in [2.05, 4.69) is 15.1 Å². The summed E-state index contributed by atoms with van der Waals surface area (Å²) in [6.07, 6.45) is -2.64. The standard InChI is InChI=1S/C22H19F5N4OS/c1-10-19(11(2)32-31-10)18-8-21(3,30-20(28)33-18)15-6-12(16(23)7-17(15)24)13-9-29-5-4-14(13)22(25,26)27/h4-7,9,18H,8H2,1-3H3,(H2,28,30). The van der Waals surface area contributed by atoms with Crippen LogP contribution in [0.5, 0.6) is 0 Å². The van der Waals surface area contributed by atoms with Gasteiger partial charge in [0.25, 0.3) is 0 Å². The molecule has 1 aliphatic rings. The minimum Gasteiger partial charge on any atom is -0.378 e. The highest BCUT2D eigenvalue weighted by Crippen LogP contribution is 2.49. The van der Waals surface area contributed by atoms with E-state index >= 15 is 4.39 Å². The quantitative estimate of drug-likeness (QED) is 0.460. The van der Waals surface area contributed by atoms with Crippen molar-refractivity contribution in [3.05, 3.63) is 70.4 Å². The van der Waals surface area contributed by atoms with Crippen molar-refractivity contribution in [1.29, 1.82) is 0 Å². The van der Waals surface area contributed by atoms with Gasteiger partial charge in [-0.05, 0) is 39.3 Å². The Morgan fingerprint density at radius 2 is 1.88 bits per heavy atom. The molecule has 3 heterocycles. The van der Waals surface area contributed by atoms with Crippen molar-refractivity contribution in [2.24, 2.45) is 10.7 Å². The summed E-state index contributed by atoms with van der Waals surface area (Å²) in [6, 6.07) is 2.38. The molecule has 1 aromatic carbocycles. The molecule has 2 N–H and O–H groups in total. The Kier molecular flexibility index (Phi) is 5.71.